The summed E-state index contributed by atoms with van der Waals surface area (Å²) in [6.07, 6.45) is 3.69. The first kappa shape index (κ1) is 24.3. The lowest BCUT2D eigenvalue weighted by Crippen LogP contribution is -2.20. The maximum Gasteiger partial charge on any atom is 0.203 e. The zero-order valence-corrected chi connectivity index (χ0v) is 20.9. The van der Waals surface area contributed by atoms with E-state index in [1.807, 2.05) is 60.7 Å². The van der Waals surface area contributed by atoms with Crippen LogP contribution < -0.4 is 24.8 Å². The van der Waals surface area contributed by atoms with Crippen LogP contribution in [-0.2, 0) is 0 Å². The number of halogens is 1. The average Bonchev–Trinajstić information content (AvgIpc) is 2.88. The summed E-state index contributed by atoms with van der Waals surface area (Å²) in [5.74, 6) is 2.75. The molecule has 1 heterocycles. The van der Waals surface area contributed by atoms with Crippen LogP contribution >= 0.6 is 23.8 Å². The molecule has 1 aromatic heterocycles. The van der Waals surface area contributed by atoms with Gasteiger partial charge in [-0.2, -0.15) is 0 Å². The van der Waals surface area contributed by atoms with Crippen LogP contribution in [0.2, 0.25) is 5.02 Å². The van der Waals surface area contributed by atoms with Gasteiger partial charge >= 0.3 is 0 Å². The summed E-state index contributed by atoms with van der Waals surface area (Å²) in [6.45, 7) is 0. The molecule has 0 spiro atoms. The molecule has 7 nitrogen and oxygen atoms in total. The Morgan fingerprint density at radius 2 is 1.54 bits per heavy atom. The molecule has 0 saturated heterocycles. The summed E-state index contributed by atoms with van der Waals surface area (Å²) >= 11 is 11.5. The van der Waals surface area contributed by atoms with E-state index >= 15 is 0 Å². The average molecular weight is 507 g/mol. The quantitative estimate of drug-likeness (QED) is 0.283. The van der Waals surface area contributed by atoms with Gasteiger partial charge in [0.25, 0.3) is 0 Å². The van der Waals surface area contributed by atoms with Crippen molar-refractivity contribution in [2.24, 2.45) is 0 Å². The topological polar surface area (TPSA) is 77.5 Å². The molecule has 0 bridgehead atoms. The van der Waals surface area contributed by atoms with Crippen molar-refractivity contribution in [3.05, 3.63) is 77.1 Å². The molecule has 3 aromatic carbocycles. The van der Waals surface area contributed by atoms with E-state index in [0.29, 0.717) is 39.0 Å². The van der Waals surface area contributed by atoms with Crippen molar-refractivity contribution in [2.45, 2.75) is 0 Å². The third kappa shape index (κ3) is 5.79. The molecule has 0 unspecified atom stereocenters. The fourth-order valence-electron chi connectivity index (χ4n) is 3.44. The highest BCUT2D eigenvalue weighted by Gasteiger charge is 2.13. The molecule has 9 heteroatoms. The largest absolute Gasteiger partial charge is 0.493 e. The van der Waals surface area contributed by atoms with Gasteiger partial charge in [-0.3, -0.25) is 0 Å². The Morgan fingerprint density at radius 3 is 2.20 bits per heavy atom. The molecular weight excluding hydrogens is 484 g/mol. The predicted octanol–water partition coefficient (Wildman–Crippen LogP) is 6.29. The van der Waals surface area contributed by atoms with Gasteiger partial charge in [0.15, 0.2) is 22.4 Å². The minimum atomic E-state index is 0.399. The Balaban J connectivity index is 1.64. The first-order valence-electron chi connectivity index (χ1n) is 10.6. The van der Waals surface area contributed by atoms with Gasteiger partial charge < -0.3 is 24.8 Å². The van der Waals surface area contributed by atoms with Gasteiger partial charge in [0.1, 0.15) is 5.82 Å². The Morgan fingerprint density at radius 1 is 0.857 bits per heavy atom. The highest BCUT2D eigenvalue weighted by atomic mass is 35.5. The minimum absolute atomic E-state index is 0.399. The van der Waals surface area contributed by atoms with E-state index in [4.69, 9.17) is 38.0 Å². The lowest BCUT2D eigenvalue weighted by molar-refractivity contribution is 0.324. The fraction of sp³-hybridized carbons (Fsp3) is 0.115. The van der Waals surface area contributed by atoms with Gasteiger partial charge in [-0.1, -0.05) is 29.8 Å². The van der Waals surface area contributed by atoms with Crippen molar-refractivity contribution in [3.8, 4) is 17.2 Å². The Bertz CT molecular complexity index is 1370. The van der Waals surface area contributed by atoms with Crippen LogP contribution in [0.15, 0.2) is 60.7 Å². The molecule has 178 valence electrons. The maximum atomic E-state index is 5.96. The second-order valence-corrected chi connectivity index (χ2v) is 8.17. The number of rotatable bonds is 7. The summed E-state index contributed by atoms with van der Waals surface area (Å²) in [6, 6.07) is 18.7. The smallest absolute Gasteiger partial charge is 0.203 e. The molecule has 0 saturated carbocycles. The number of methoxy groups -OCH3 is 3. The molecule has 4 aromatic rings. The maximum absolute atomic E-state index is 5.96. The van der Waals surface area contributed by atoms with E-state index < -0.39 is 0 Å². The van der Waals surface area contributed by atoms with Crippen molar-refractivity contribution < 1.29 is 14.2 Å². The van der Waals surface area contributed by atoms with Crippen LogP contribution in [0.1, 0.15) is 11.4 Å². The molecule has 0 aliphatic carbocycles. The third-order valence-corrected chi connectivity index (χ3v) is 5.52. The number of fused-ring (bicyclic) bond motifs is 1. The SMILES string of the molecule is COc1cc(/C=C/c2nc(NC(=S)Nc3ccc(Cl)cc3)c3ccccc3n2)cc(OC)c1OC. The molecule has 2 N–H and O–H groups in total. The molecule has 0 aliphatic rings. The summed E-state index contributed by atoms with van der Waals surface area (Å²) in [4.78, 5) is 9.35. The Hall–Kier alpha value is -3.88. The van der Waals surface area contributed by atoms with Crippen molar-refractivity contribution in [1.82, 2.24) is 9.97 Å². The summed E-state index contributed by atoms with van der Waals surface area (Å²) in [5, 5.41) is 8.22. The highest BCUT2D eigenvalue weighted by molar-refractivity contribution is 7.80. The molecule has 35 heavy (non-hydrogen) atoms. The molecule has 0 atom stereocenters. The first-order valence-corrected chi connectivity index (χ1v) is 11.4. The van der Waals surface area contributed by atoms with Crippen LogP contribution in [-0.4, -0.2) is 36.4 Å². The molecule has 0 fully saturated rings. The first-order chi connectivity index (χ1) is 17.0. The standard InChI is InChI=1S/C26H23ClN4O3S/c1-32-21-14-16(15-22(33-2)24(21)34-3)8-13-23-29-20-7-5-4-6-19(20)25(30-23)31-26(35)28-18-11-9-17(27)10-12-18/h4-15H,1-3H3,(H2,28,29,30,31,35)/b13-8+. The van der Waals surface area contributed by atoms with E-state index in [1.165, 1.54) is 0 Å². The fourth-order valence-corrected chi connectivity index (χ4v) is 3.78. The second-order valence-electron chi connectivity index (χ2n) is 7.33. The summed E-state index contributed by atoms with van der Waals surface area (Å²) < 4.78 is 16.3. The van der Waals surface area contributed by atoms with E-state index in [2.05, 4.69) is 20.6 Å². The normalized spacial score (nSPS) is 10.9. The van der Waals surface area contributed by atoms with E-state index in [-0.39, 0.29) is 0 Å². The van der Waals surface area contributed by atoms with Gasteiger partial charge in [-0.25, -0.2) is 9.97 Å². The van der Waals surface area contributed by atoms with Gasteiger partial charge in [0.05, 0.1) is 26.8 Å². The lowest BCUT2D eigenvalue weighted by atomic mass is 10.1. The van der Waals surface area contributed by atoms with Crippen molar-refractivity contribution in [2.75, 3.05) is 32.0 Å². The second kappa shape index (κ2) is 11.0. The van der Waals surface area contributed by atoms with Crippen LogP contribution in [0.25, 0.3) is 23.1 Å². The van der Waals surface area contributed by atoms with E-state index in [9.17, 15) is 0 Å². The van der Waals surface area contributed by atoms with Crippen molar-refractivity contribution in [3.63, 3.8) is 0 Å². The van der Waals surface area contributed by atoms with Crippen LogP contribution in [0.3, 0.4) is 0 Å². The number of nitrogens with one attached hydrogen (secondary N) is 2. The monoisotopic (exact) mass is 506 g/mol. The van der Waals surface area contributed by atoms with Gasteiger partial charge in [-0.15, -0.1) is 0 Å². The molecular formula is C26H23ClN4O3S. The molecule has 4 rings (SSSR count). The molecule has 0 amide bonds. The minimum Gasteiger partial charge on any atom is -0.493 e. The molecule has 0 radical (unpaired) electrons. The zero-order valence-electron chi connectivity index (χ0n) is 19.3. The number of para-hydroxylation sites is 1. The number of ether oxygens (including phenoxy) is 3. The third-order valence-electron chi connectivity index (χ3n) is 5.07. The van der Waals surface area contributed by atoms with Crippen LogP contribution in [0.5, 0.6) is 17.2 Å². The van der Waals surface area contributed by atoms with Gasteiger partial charge in [-0.05, 0) is 72.4 Å². The van der Waals surface area contributed by atoms with Gasteiger partial charge in [0.2, 0.25) is 5.75 Å². The Labute approximate surface area is 213 Å². The highest BCUT2D eigenvalue weighted by Crippen LogP contribution is 2.38. The molecule has 0 aliphatic heterocycles. The number of nitrogens with zero attached hydrogens (tertiary/aromatic N) is 2. The van der Waals surface area contributed by atoms with Gasteiger partial charge in [0, 0.05) is 16.1 Å². The number of aromatic nitrogens is 2. The van der Waals surface area contributed by atoms with Crippen LogP contribution in [0, 0.1) is 0 Å². The van der Waals surface area contributed by atoms with E-state index in [1.54, 1.807) is 33.5 Å². The van der Waals surface area contributed by atoms with E-state index in [0.717, 1.165) is 22.2 Å². The number of hydrogen-bond donors (Lipinski definition) is 2. The summed E-state index contributed by atoms with van der Waals surface area (Å²) in [5.41, 5.74) is 2.43. The predicted molar refractivity (Wildman–Crippen MR) is 146 cm³/mol. The number of hydrogen-bond acceptors (Lipinski definition) is 6. The van der Waals surface area contributed by atoms with Crippen molar-refractivity contribution >= 4 is 63.5 Å². The van der Waals surface area contributed by atoms with Crippen molar-refractivity contribution in [1.29, 1.82) is 0 Å². The Kier molecular flexibility index (Phi) is 7.64. The lowest BCUT2D eigenvalue weighted by Gasteiger charge is -2.13. The van der Waals surface area contributed by atoms with Crippen LogP contribution in [0.4, 0.5) is 11.5 Å². The number of benzene rings is 3. The number of thiocarbonyl (C=S) groups is 1. The summed E-state index contributed by atoms with van der Waals surface area (Å²) in [7, 11) is 4.73. The zero-order chi connectivity index (χ0) is 24.8. The number of anilines is 2.